The highest BCUT2D eigenvalue weighted by Crippen LogP contribution is 2.23. The van der Waals surface area contributed by atoms with Crippen molar-refractivity contribution in [2.45, 2.75) is 13.0 Å². The Balaban J connectivity index is 2.51. The number of aryl methyl sites for hydroxylation is 1. The largest absolute Gasteiger partial charge is 0.437 e. The zero-order chi connectivity index (χ0) is 10.8. The number of oxazole rings is 1. The summed E-state index contributed by atoms with van der Waals surface area (Å²) in [5, 5.41) is 0. The first kappa shape index (κ1) is 10.1. The van der Waals surface area contributed by atoms with Crippen LogP contribution in [0.25, 0.3) is 11.1 Å². The van der Waals surface area contributed by atoms with Crippen molar-refractivity contribution in [3.8, 4) is 0 Å². The maximum Gasteiger partial charge on any atom is 0.225 e. The van der Waals surface area contributed by atoms with Gasteiger partial charge in [-0.15, -0.1) is 0 Å². The average molecular weight is 206 g/mol. The number of nitrogens with two attached hydrogens (primary N) is 1. The van der Waals surface area contributed by atoms with Gasteiger partial charge in [0.1, 0.15) is 11.6 Å². The molecule has 1 heterocycles. The van der Waals surface area contributed by atoms with Crippen molar-refractivity contribution in [2.24, 2.45) is 5.73 Å². The molecule has 0 radical (unpaired) electrons. The van der Waals surface area contributed by atoms with E-state index >= 15 is 0 Å². The quantitative estimate of drug-likeness (QED) is 0.831. The zero-order valence-corrected chi connectivity index (χ0v) is 8.86. The Kier molecular flexibility index (Phi) is 2.70. The summed E-state index contributed by atoms with van der Waals surface area (Å²) < 4.78 is 10.8. The number of aromatic nitrogens is 1. The van der Waals surface area contributed by atoms with Gasteiger partial charge in [-0.2, -0.15) is 0 Å². The molecule has 0 bridgehead atoms. The number of hydrogen-bond acceptors (Lipinski definition) is 4. The third-order valence-electron chi connectivity index (χ3n) is 2.40. The second-order valence-corrected chi connectivity index (χ2v) is 3.44. The summed E-state index contributed by atoms with van der Waals surface area (Å²) in [6.45, 7) is 2.35. The molecule has 80 valence electrons. The molecule has 0 aliphatic rings. The first-order valence-electron chi connectivity index (χ1n) is 4.85. The Morgan fingerprint density at radius 1 is 1.53 bits per heavy atom. The summed E-state index contributed by atoms with van der Waals surface area (Å²) in [5.41, 5.74) is 8.27. The fourth-order valence-corrected chi connectivity index (χ4v) is 1.54. The SMILES string of the molecule is COC(CN)c1nc2cccc(C)c2o1. The molecule has 2 N–H and O–H groups in total. The Bertz CT molecular complexity index is 461. The van der Waals surface area contributed by atoms with E-state index in [-0.39, 0.29) is 6.10 Å². The van der Waals surface area contributed by atoms with Crippen LogP contribution < -0.4 is 5.73 Å². The van der Waals surface area contributed by atoms with Crippen LogP contribution in [0.15, 0.2) is 22.6 Å². The van der Waals surface area contributed by atoms with E-state index in [0.29, 0.717) is 12.4 Å². The maximum absolute atomic E-state index is 5.63. The smallest absolute Gasteiger partial charge is 0.225 e. The molecule has 0 fully saturated rings. The minimum Gasteiger partial charge on any atom is -0.437 e. The molecule has 1 atom stereocenters. The van der Waals surface area contributed by atoms with Gasteiger partial charge in [0.15, 0.2) is 5.58 Å². The van der Waals surface area contributed by atoms with E-state index in [0.717, 1.165) is 16.7 Å². The molecule has 1 aromatic carbocycles. The van der Waals surface area contributed by atoms with Crippen LogP contribution in [0.2, 0.25) is 0 Å². The Morgan fingerprint density at radius 2 is 2.33 bits per heavy atom. The van der Waals surface area contributed by atoms with Gasteiger partial charge in [-0.05, 0) is 18.6 Å². The zero-order valence-electron chi connectivity index (χ0n) is 8.86. The number of hydrogen-bond donors (Lipinski definition) is 1. The standard InChI is InChI=1S/C11H14N2O2/c1-7-4-3-5-8-10(7)15-11(13-8)9(6-12)14-2/h3-5,9H,6,12H2,1-2H3. The molecular weight excluding hydrogens is 192 g/mol. The van der Waals surface area contributed by atoms with Crippen molar-refractivity contribution >= 4 is 11.1 Å². The van der Waals surface area contributed by atoms with Crippen LogP contribution >= 0.6 is 0 Å². The van der Waals surface area contributed by atoms with Crippen LogP contribution in [0.5, 0.6) is 0 Å². The molecule has 0 spiro atoms. The van der Waals surface area contributed by atoms with Gasteiger partial charge in [0.25, 0.3) is 0 Å². The van der Waals surface area contributed by atoms with E-state index in [4.69, 9.17) is 14.9 Å². The van der Waals surface area contributed by atoms with Crippen molar-refractivity contribution in [3.05, 3.63) is 29.7 Å². The fourth-order valence-electron chi connectivity index (χ4n) is 1.54. The lowest BCUT2D eigenvalue weighted by Crippen LogP contribution is -2.14. The number of nitrogens with zero attached hydrogens (tertiary/aromatic N) is 1. The lowest BCUT2D eigenvalue weighted by atomic mass is 10.2. The molecular formula is C11H14N2O2. The molecule has 2 aromatic rings. The third kappa shape index (κ3) is 1.73. The first-order chi connectivity index (χ1) is 7.26. The Morgan fingerprint density at radius 3 is 2.93 bits per heavy atom. The molecule has 4 heteroatoms. The van der Waals surface area contributed by atoms with Crippen molar-refractivity contribution in [1.29, 1.82) is 0 Å². The first-order valence-corrected chi connectivity index (χ1v) is 4.85. The lowest BCUT2D eigenvalue weighted by molar-refractivity contribution is 0.0878. The van der Waals surface area contributed by atoms with Crippen molar-refractivity contribution in [3.63, 3.8) is 0 Å². The molecule has 4 nitrogen and oxygen atoms in total. The van der Waals surface area contributed by atoms with Crippen molar-refractivity contribution in [1.82, 2.24) is 4.98 Å². The summed E-state index contributed by atoms with van der Waals surface area (Å²) in [7, 11) is 1.60. The minimum absolute atomic E-state index is 0.267. The fraction of sp³-hybridized carbons (Fsp3) is 0.364. The summed E-state index contributed by atoms with van der Waals surface area (Å²) in [6.07, 6.45) is -0.267. The molecule has 1 aromatic heterocycles. The number of ether oxygens (including phenoxy) is 1. The summed E-state index contributed by atoms with van der Waals surface area (Å²) in [4.78, 5) is 4.34. The van der Waals surface area contributed by atoms with Gasteiger partial charge < -0.3 is 14.9 Å². The molecule has 15 heavy (non-hydrogen) atoms. The average Bonchev–Trinajstić information content (AvgIpc) is 2.65. The molecule has 0 amide bonds. The summed E-state index contributed by atoms with van der Waals surface area (Å²) in [5.74, 6) is 0.546. The van der Waals surface area contributed by atoms with E-state index in [1.165, 1.54) is 0 Å². The molecule has 2 rings (SSSR count). The van der Waals surface area contributed by atoms with Gasteiger partial charge in [-0.1, -0.05) is 12.1 Å². The normalized spacial score (nSPS) is 13.3. The van der Waals surface area contributed by atoms with Crippen LogP contribution in [0.3, 0.4) is 0 Å². The van der Waals surface area contributed by atoms with Gasteiger partial charge in [0.05, 0.1) is 0 Å². The van der Waals surface area contributed by atoms with E-state index in [2.05, 4.69) is 4.98 Å². The number of rotatable bonds is 3. The lowest BCUT2D eigenvalue weighted by Gasteiger charge is -2.06. The molecule has 0 saturated carbocycles. The van der Waals surface area contributed by atoms with Crippen molar-refractivity contribution < 1.29 is 9.15 Å². The number of para-hydroxylation sites is 1. The third-order valence-corrected chi connectivity index (χ3v) is 2.40. The van der Waals surface area contributed by atoms with Crippen LogP contribution in [-0.2, 0) is 4.74 Å². The summed E-state index contributed by atoms with van der Waals surface area (Å²) >= 11 is 0. The molecule has 1 unspecified atom stereocenters. The monoisotopic (exact) mass is 206 g/mol. The predicted molar refractivity (Wildman–Crippen MR) is 57.6 cm³/mol. The number of fused-ring (bicyclic) bond motifs is 1. The van der Waals surface area contributed by atoms with Crippen LogP contribution in [-0.4, -0.2) is 18.6 Å². The van der Waals surface area contributed by atoms with Crippen LogP contribution in [0, 0.1) is 6.92 Å². The molecule has 0 aliphatic carbocycles. The van der Waals surface area contributed by atoms with Gasteiger partial charge in [0, 0.05) is 13.7 Å². The highest BCUT2D eigenvalue weighted by atomic mass is 16.5. The van der Waals surface area contributed by atoms with Gasteiger partial charge in [0.2, 0.25) is 5.89 Å². The molecule has 0 saturated heterocycles. The second-order valence-electron chi connectivity index (χ2n) is 3.44. The summed E-state index contributed by atoms with van der Waals surface area (Å²) in [6, 6.07) is 5.86. The Hall–Kier alpha value is -1.39. The second kappa shape index (κ2) is 4.00. The topological polar surface area (TPSA) is 61.3 Å². The van der Waals surface area contributed by atoms with E-state index in [9.17, 15) is 0 Å². The number of benzene rings is 1. The van der Waals surface area contributed by atoms with Gasteiger partial charge in [-0.3, -0.25) is 0 Å². The van der Waals surface area contributed by atoms with Gasteiger partial charge >= 0.3 is 0 Å². The van der Waals surface area contributed by atoms with Crippen LogP contribution in [0.4, 0.5) is 0 Å². The highest BCUT2D eigenvalue weighted by molar-refractivity contribution is 5.76. The Labute approximate surface area is 88.0 Å². The van der Waals surface area contributed by atoms with E-state index < -0.39 is 0 Å². The van der Waals surface area contributed by atoms with E-state index in [1.54, 1.807) is 7.11 Å². The maximum atomic E-state index is 5.63. The minimum atomic E-state index is -0.267. The van der Waals surface area contributed by atoms with Crippen molar-refractivity contribution in [2.75, 3.05) is 13.7 Å². The molecule has 0 aliphatic heterocycles. The van der Waals surface area contributed by atoms with E-state index in [1.807, 2.05) is 25.1 Å². The van der Waals surface area contributed by atoms with Gasteiger partial charge in [-0.25, -0.2) is 4.98 Å². The van der Waals surface area contributed by atoms with Crippen LogP contribution in [0.1, 0.15) is 17.6 Å². The predicted octanol–water partition coefficient (Wildman–Crippen LogP) is 1.78. The number of methoxy groups -OCH3 is 1. The highest BCUT2D eigenvalue weighted by Gasteiger charge is 2.16.